The number of hydrogen-bond donors (Lipinski definition) is 0. The van der Waals surface area contributed by atoms with Gasteiger partial charge in [0.1, 0.15) is 5.82 Å². The van der Waals surface area contributed by atoms with Crippen LogP contribution in [0.25, 0.3) is 0 Å². The zero-order chi connectivity index (χ0) is 11.5. The van der Waals surface area contributed by atoms with Crippen molar-refractivity contribution >= 4 is 5.97 Å². The zero-order valence-electron chi connectivity index (χ0n) is 9.69. The van der Waals surface area contributed by atoms with Gasteiger partial charge in [0.15, 0.2) is 0 Å². The molecular formula is C12H16N2O2. The van der Waals surface area contributed by atoms with Gasteiger partial charge < -0.3 is 4.74 Å². The monoisotopic (exact) mass is 220 g/mol. The molecule has 0 bridgehead atoms. The van der Waals surface area contributed by atoms with E-state index in [-0.39, 0.29) is 5.97 Å². The van der Waals surface area contributed by atoms with E-state index in [1.54, 1.807) is 13.1 Å². The molecule has 0 radical (unpaired) electrons. The number of aryl methyl sites for hydroxylation is 1. The number of carbonyl (C=O) groups is 1. The molecule has 1 fully saturated rings. The van der Waals surface area contributed by atoms with Crippen molar-refractivity contribution in [1.29, 1.82) is 0 Å². The van der Waals surface area contributed by atoms with E-state index in [4.69, 9.17) is 4.74 Å². The molecule has 0 N–H and O–H groups in total. The largest absolute Gasteiger partial charge is 0.462 e. The Labute approximate surface area is 95.1 Å². The first-order valence-corrected chi connectivity index (χ1v) is 5.79. The quantitative estimate of drug-likeness (QED) is 0.729. The summed E-state index contributed by atoms with van der Waals surface area (Å²) in [5.74, 6) is 0.940. The van der Waals surface area contributed by atoms with E-state index in [9.17, 15) is 4.79 Å². The smallest absolute Gasteiger partial charge is 0.341 e. The van der Waals surface area contributed by atoms with Crippen molar-refractivity contribution in [2.24, 2.45) is 0 Å². The van der Waals surface area contributed by atoms with Gasteiger partial charge in [0.05, 0.1) is 17.9 Å². The van der Waals surface area contributed by atoms with Crippen LogP contribution < -0.4 is 0 Å². The standard InChI is InChI=1S/C12H16N2O2/c1-3-10-13-7-9(12(15)16-4-2)11(14-10)8-5-6-8/h7-8H,3-6H2,1-2H3. The fourth-order valence-electron chi connectivity index (χ4n) is 1.64. The van der Waals surface area contributed by atoms with Gasteiger partial charge in [-0.25, -0.2) is 14.8 Å². The Hall–Kier alpha value is -1.45. The fourth-order valence-corrected chi connectivity index (χ4v) is 1.64. The molecule has 0 atom stereocenters. The number of hydrogen-bond acceptors (Lipinski definition) is 4. The third kappa shape index (κ3) is 2.21. The molecule has 1 aliphatic rings. The average Bonchev–Trinajstić information content (AvgIpc) is 3.12. The van der Waals surface area contributed by atoms with E-state index in [2.05, 4.69) is 9.97 Å². The second kappa shape index (κ2) is 4.60. The van der Waals surface area contributed by atoms with Crippen LogP contribution in [-0.2, 0) is 11.2 Å². The summed E-state index contributed by atoms with van der Waals surface area (Å²) in [5.41, 5.74) is 1.42. The van der Waals surface area contributed by atoms with Crippen molar-refractivity contribution in [3.05, 3.63) is 23.3 Å². The Balaban J connectivity index is 2.32. The molecule has 4 nitrogen and oxygen atoms in total. The summed E-state index contributed by atoms with van der Waals surface area (Å²) >= 11 is 0. The van der Waals surface area contributed by atoms with Crippen LogP contribution >= 0.6 is 0 Å². The van der Waals surface area contributed by atoms with Crippen molar-refractivity contribution in [3.8, 4) is 0 Å². The molecule has 0 amide bonds. The summed E-state index contributed by atoms with van der Waals surface area (Å²) in [6.45, 7) is 4.20. The molecule has 86 valence electrons. The number of aromatic nitrogens is 2. The minimum atomic E-state index is -0.299. The van der Waals surface area contributed by atoms with Gasteiger partial charge >= 0.3 is 5.97 Å². The molecule has 16 heavy (non-hydrogen) atoms. The van der Waals surface area contributed by atoms with Crippen LogP contribution in [-0.4, -0.2) is 22.5 Å². The van der Waals surface area contributed by atoms with Crippen molar-refractivity contribution < 1.29 is 9.53 Å². The van der Waals surface area contributed by atoms with Crippen LogP contribution in [0.5, 0.6) is 0 Å². The lowest BCUT2D eigenvalue weighted by Gasteiger charge is -2.07. The first kappa shape index (κ1) is 11.0. The maximum atomic E-state index is 11.7. The first-order valence-electron chi connectivity index (χ1n) is 5.79. The highest BCUT2D eigenvalue weighted by Gasteiger charge is 2.30. The second-order valence-corrected chi connectivity index (χ2v) is 3.93. The summed E-state index contributed by atoms with van der Waals surface area (Å²) < 4.78 is 5.00. The molecule has 4 heteroatoms. The highest BCUT2D eigenvalue weighted by atomic mass is 16.5. The molecule has 0 saturated heterocycles. The Morgan fingerprint density at radius 3 is 2.81 bits per heavy atom. The van der Waals surface area contributed by atoms with Crippen LogP contribution in [0.1, 0.15) is 54.5 Å². The maximum absolute atomic E-state index is 11.7. The lowest BCUT2D eigenvalue weighted by molar-refractivity contribution is 0.0523. The highest BCUT2D eigenvalue weighted by Crippen LogP contribution is 2.40. The molecule has 0 spiro atoms. The van der Waals surface area contributed by atoms with Crippen LogP contribution in [0, 0.1) is 0 Å². The second-order valence-electron chi connectivity index (χ2n) is 3.93. The fraction of sp³-hybridized carbons (Fsp3) is 0.583. The van der Waals surface area contributed by atoms with Crippen molar-refractivity contribution in [2.45, 2.75) is 39.0 Å². The molecule has 0 aromatic carbocycles. The zero-order valence-corrected chi connectivity index (χ0v) is 9.69. The molecule has 1 saturated carbocycles. The van der Waals surface area contributed by atoms with E-state index in [1.807, 2.05) is 6.92 Å². The van der Waals surface area contributed by atoms with Crippen LogP contribution in [0.4, 0.5) is 0 Å². The number of ether oxygens (including phenoxy) is 1. The topological polar surface area (TPSA) is 52.1 Å². The average molecular weight is 220 g/mol. The van der Waals surface area contributed by atoms with Crippen molar-refractivity contribution in [1.82, 2.24) is 9.97 Å². The molecule has 0 unspecified atom stereocenters. The molecule has 1 heterocycles. The van der Waals surface area contributed by atoms with Gasteiger partial charge in [0.25, 0.3) is 0 Å². The Bertz CT molecular complexity index is 400. The normalized spacial score (nSPS) is 14.9. The van der Waals surface area contributed by atoms with Gasteiger partial charge in [-0.15, -0.1) is 0 Å². The molecular weight excluding hydrogens is 204 g/mol. The highest BCUT2D eigenvalue weighted by molar-refractivity contribution is 5.90. The molecule has 1 aliphatic carbocycles. The lowest BCUT2D eigenvalue weighted by Crippen LogP contribution is -2.11. The summed E-state index contributed by atoms with van der Waals surface area (Å²) in [6.07, 6.45) is 4.64. The van der Waals surface area contributed by atoms with Crippen LogP contribution in [0.2, 0.25) is 0 Å². The first-order chi connectivity index (χ1) is 7.76. The van der Waals surface area contributed by atoms with Crippen molar-refractivity contribution in [3.63, 3.8) is 0 Å². The SMILES string of the molecule is CCOC(=O)c1cnc(CC)nc1C1CC1. The van der Waals surface area contributed by atoms with E-state index in [0.717, 1.165) is 30.8 Å². The van der Waals surface area contributed by atoms with E-state index < -0.39 is 0 Å². The third-order valence-electron chi connectivity index (χ3n) is 2.64. The predicted octanol–water partition coefficient (Wildman–Crippen LogP) is 2.09. The number of nitrogens with zero attached hydrogens (tertiary/aromatic N) is 2. The third-order valence-corrected chi connectivity index (χ3v) is 2.64. The van der Waals surface area contributed by atoms with Crippen LogP contribution in [0.15, 0.2) is 6.20 Å². The Morgan fingerprint density at radius 1 is 1.50 bits per heavy atom. The lowest BCUT2D eigenvalue weighted by atomic mass is 10.1. The van der Waals surface area contributed by atoms with Gasteiger partial charge in [0.2, 0.25) is 0 Å². The van der Waals surface area contributed by atoms with E-state index in [0.29, 0.717) is 18.1 Å². The Morgan fingerprint density at radius 2 is 2.25 bits per heavy atom. The maximum Gasteiger partial charge on any atom is 0.341 e. The van der Waals surface area contributed by atoms with Gasteiger partial charge in [0, 0.05) is 18.5 Å². The summed E-state index contributed by atoms with van der Waals surface area (Å²) in [7, 11) is 0. The molecule has 1 aromatic rings. The van der Waals surface area contributed by atoms with E-state index in [1.165, 1.54) is 0 Å². The molecule has 0 aliphatic heterocycles. The number of esters is 1. The molecule has 1 aromatic heterocycles. The minimum Gasteiger partial charge on any atom is -0.462 e. The van der Waals surface area contributed by atoms with E-state index >= 15 is 0 Å². The number of carbonyl (C=O) groups excluding carboxylic acids is 1. The molecule has 2 rings (SSSR count). The summed E-state index contributed by atoms with van der Waals surface area (Å²) in [6, 6.07) is 0. The van der Waals surface area contributed by atoms with Gasteiger partial charge in [-0.2, -0.15) is 0 Å². The minimum absolute atomic E-state index is 0.299. The summed E-state index contributed by atoms with van der Waals surface area (Å²) in [5, 5.41) is 0. The number of rotatable bonds is 4. The Kier molecular flexibility index (Phi) is 3.17. The summed E-state index contributed by atoms with van der Waals surface area (Å²) in [4.78, 5) is 20.3. The van der Waals surface area contributed by atoms with Gasteiger partial charge in [-0.3, -0.25) is 0 Å². The van der Waals surface area contributed by atoms with Gasteiger partial charge in [-0.1, -0.05) is 6.92 Å². The van der Waals surface area contributed by atoms with Crippen molar-refractivity contribution in [2.75, 3.05) is 6.61 Å². The predicted molar refractivity (Wildman–Crippen MR) is 59.3 cm³/mol. The van der Waals surface area contributed by atoms with Crippen LogP contribution in [0.3, 0.4) is 0 Å². The van der Waals surface area contributed by atoms with Gasteiger partial charge in [-0.05, 0) is 19.8 Å².